The average Bonchev–Trinajstić information content (AvgIpc) is 2.42. The normalized spacial score (nSPS) is 22.9. The summed E-state index contributed by atoms with van der Waals surface area (Å²) in [6, 6.07) is 2.05. The molecule has 0 aliphatic carbocycles. The highest BCUT2D eigenvalue weighted by Gasteiger charge is 2.29. The Hall–Kier alpha value is -1.49. The Labute approximate surface area is 117 Å². The zero-order chi connectivity index (χ0) is 14.9. The summed E-state index contributed by atoms with van der Waals surface area (Å²) in [7, 11) is 0. The highest BCUT2D eigenvalue weighted by atomic mass is 19.1. The third-order valence-electron chi connectivity index (χ3n) is 4.18. The fourth-order valence-corrected chi connectivity index (χ4v) is 2.63. The number of halogens is 2. The van der Waals surface area contributed by atoms with E-state index < -0.39 is 11.6 Å². The van der Waals surface area contributed by atoms with Crippen LogP contribution in [0.3, 0.4) is 0 Å². The molecule has 1 heterocycles. The molecule has 2 N–H and O–H groups in total. The first-order chi connectivity index (χ1) is 9.43. The number of carbonyl (C=O) groups excluding carboxylic acids is 1. The van der Waals surface area contributed by atoms with Gasteiger partial charge in [-0.05, 0) is 43.4 Å². The number of amides is 1. The molecule has 0 spiro atoms. The van der Waals surface area contributed by atoms with Gasteiger partial charge in [0.2, 0.25) is 0 Å². The van der Waals surface area contributed by atoms with E-state index in [0.29, 0.717) is 25.6 Å². The molecule has 1 aliphatic rings. The Kier molecular flexibility index (Phi) is 4.38. The molecule has 1 saturated heterocycles. The van der Waals surface area contributed by atoms with E-state index in [4.69, 9.17) is 5.73 Å². The lowest BCUT2D eigenvalue weighted by atomic mass is 9.87. The second-order valence-corrected chi connectivity index (χ2v) is 5.59. The van der Waals surface area contributed by atoms with Gasteiger partial charge in [0.1, 0.15) is 11.6 Å². The molecule has 3 nitrogen and oxygen atoms in total. The SMILES string of the molecule is Cc1cc(C(=O)N2CCC(C)C(CN)C2)c(F)cc1F. The number of hydrogen-bond donors (Lipinski definition) is 1. The van der Waals surface area contributed by atoms with Gasteiger partial charge in [0.25, 0.3) is 5.91 Å². The monoisotopic (exact) mass is 282 g/mol. The molecule has 1 aromatic rings. The van der Waals surface area contributed by atoms with E-state index in [1.807, 2.05) is 0 Å². The van der Waals surface area contributed by atoms with Gasteiger partial charge >= 0.3 is 0 Å². The van der Waals surface area contributed by atoms with Gasteiger partial charge < -0.3 is 10.6 Å². The molecule has 2 unspecified atom stereocenters. The van der Waals surface area contributed by atoms with Crippen LogP contribution in [0.15, 0.2) is 12.1 Å². The number of aryl methyl sites for hydroxylation is 1. The third-order valence-corrected chi connectivity index (χ3v) is 4.18. The molecule has 0 bridgehead atoms. The standard InChI is InChI=1S/C15H20F2N2O/c1-9-3-4-19(8-11(9)7-18)15(20)12-5-10(2)13(16)6-14(12)17/h5-6,9,11H,3-4,7-8,18H2,1-2H3. The molecule has 1 aliphatic heterocycles. The first kappa shape index (κ1) is 14.9. The van der Waals surface area contributed by atoms with E-state index in [1.165, 1.54) is 13.0 Å². The zero-order valence-electron chi connectivity index (χ0n) is 11.8. The van der Waals surface area contributed by atoms with Crippen LogP contribution in [0.5, 0.6) is 0 Å². The summed E-state index contributed by atoms with van der Waals surface area (Å²) in [6.45, 7) is 5.27. The Morgan fingerprint density at radius 2 is 2.10 bits per heavy atom. The number of likely N-dealkylation sites (tertiary alicyclic amines) is 1. The van der Waals surface area contributed by atoms with E-state index in [2.05, 4.69) is 6.92 Å². The first-order valence-electron chi connectivity index (χ1n) is 6.89. The molecule has 110 valence electrons. The molecule has 2 rings (SSSR count). The largest absolute Gasteiger partial charge is 0.338 e. The van der Waals surface area contributed by atoms with Gasteiger partial charge in [-0.25, -0.2) is 8.78 Å². The van der Waals surface area contributed by atoms with Crippen molar-refractivity contribution < 1.29 is 13.6 Å². The van der Waals surface area contributed by atoms with E-state index in [9.17, 15) is 13.6 Å². The quantitative estimate of drug-likeness (QED) is 0.905. The Bertz CT molecular complexity index is 519. The zero-order valence-corrected chi connectivity index (χ0v) is 11.8. The number of nitrogens with zero attached hydrogens (tertiary/aromatic N) is 1. The molecule has 2 atom stereocenters. The number of piperidine rings is 1. The molecule has 0 saturated carbocycles. The molecule has 0 aromatic heterocycles. The van der Waals surface area contributed by atoms with Gasteiger partial charge in [0, 0.05) is 19.2 Å². The minimum absolute atomic E-state index is 0.0609. The molecular weight excluding hydrogens is 262 g/mol. The van der Waals surface area contributed by atoms with Crippen LogP contribution < -0.4 is 5.73 Å². The predicted octanol–water partition coefficient (Wildman–Crippen LogP) is 2.33. The lowest BCUT2D eigenvalue weighted by molar-refractivity contribution is 0.0613. The Morgan fingerprint density at radius 3 is 2.75 bits per heavy atom. The average molecular weight is 282 g/mol. The maximum absolute atomic E-state index is 13.8. The van der Waals surface area contributed by atoms with Crippen LogP contribution in [0.4, 0.5) is 8.78 Å². The fraction of sp³-hybridized carbons (Fsp3) is 0.533. The van der Waals surface area contributed by atoms with Crippen molar-refractivity contribution in [2.45, 2.75) is 20.3 Å². The Morgan fingerprint density at radius 1 is 1.40 bits per heavy atom. The van der Waals surface area contributed by atoms with Crippen LogP contribution in [0.2, 0.25) is 0 Å². The molecule has 5 heteroatoms. The van der Waals surface area contributed by atoms with Crippen LogP contribution in [-0.2, 0) is 0 Å². The minimum atomic E-state index is -0.805. The first-order valence-corrected chi connectivity index (χ1v) is 6.89. The van der Waals surface area contributed by atoms with Crippen molar-refractivity contribution >= 4 is 5.91 Å². The predicted molar refractivity (Wildman–Crippen MR) is 73.3 cm³/mol. The number of rotatable bonds is 2. The number of carbonyl (C=O) groups is 1. The summed E-state index contributed by atoms with van der Waals surface area (Å²) < 4.78 is 27.0. The van der Waals surface area contributed by atoms with Gasteiger partial charge in [-0.2, -0.15) is 0 Å². The lowest BCUT2D eigenvalue weighted by Crippen LogP contribution is -2.45. The number of hydrogen-bond acceptors (Lipinski definition) is 2. The smallest absolute Gasteiger partial charge is 0.256 e. The van der Waals surface area contributed by atoms with Crippen LogP contribution in [0, 0.1) is 30.4 Å². The summed E-state index contributed by atoms with van der Waals surface area (Å²) in [6.07, 6.45) is 0.857. The molecule has 20 heavy (non-hydrogen) atoms. The molecule has 1 fully saturated rings. The molecular formula is C15H20F2N2O. The second-order valence-electron chi connectivity index (χ2n) is 5.59. The second kappa shape index (κ2) is 5.87. The lowest BCUT2D eigenvalue weighted by Gasteiger charge is -2.36. The maximum atomic E-state index is 13.8. The minimum Gasteiger partial charge on any atom is -0.338 e. The molecule has 1 amide bonds. The molecule has 0 radical (unpaired) electrons. The summed E-state index contributed by atoms with van der Waals surface area (Å²) in [5.41, 5.74) is 5.92. The van der Waals surface area contributed by atoms with Gasteiger partial charge in [0.05, 0.1) is 5.56 Å². The number of benzene rings is 1. The topological polar surface area (TPSA) is 46.3 Å². The third kappa shape index (κ3) is 2.82. The van der Waals surface area contributed by atoms with E-state index in [-0.39, 0.29) is 23.0 Å². The fourth-order valence-electron chi connectivity index (χ4n) is 2.63. The van der Waals surface area contributed by atoms with Gasteiger partial charge in [-0.1, -0.05) is 6.92 Å². The van der Waals surface area contributed by atoms with Crippen LogP contribution >= 0.6 is 0 Å². The van der Waals surface area contributed by atoms with Crippen molar-refractivity contribution in [2.24, 2.45) is 17.6 Å². The van der Waals surface area contributed by atoms with E-state index in [1.54, 1.807) is 4.90 Å². The van der Waals surface area contributed by atoms with E-state index >= 15 is 0 Å². The van der Waals surface area contributed by atoms with Crippen LogP contribution in [0.1, 0.15) is 29.3 Å². The van der Waals surface area contributed by atoms with Crippen molar-refractivity contribution in [2.75, 3.05) is 19.6 Å². The van der Waals surface area contributed by atoms with Crippen LogP contribution in [0.25, 0.3) is 0 Å². The Balaban J connectivity index is 2.21. The number of nitrogens with two attached hydrogens (primary N) is 1. The summed E-state index contributed by atoms with van der Waals surface area (Å²) in [4.78, 5) is 14.0. The van der Waals surface area contributed by atoms with E-state index in [0.717, 1.165) is 12.5 Å². The van der Waals surface area contributed by atoms with Crippen LogP contribution in [-0.4, -0.2) is 30.4 Å². The van der Waals surface area contributed by atoms with Crippen molar-refractivity contribution in [3.05, 3.63) is 34.9 Å². The van der Waals surface area contributed by atoms with Crippen molar-refractivity contribution in [1.82, 2.24) is 4.90 Å². The van der Waals surface area contributed by atoms with Gasteiger partial charge in [-0.15, -0.1) is 0 Å². The highest BCUT2D eigenvalue weighted by Crippen LogP contribution is 2.24. The van der Waals surface area contributed by atoms with Gasteiger partial charge in [0.15, 0.2) is 0 Å². The summed E-state index contributed by atoms with van der Waals surface area (Å²) >= 11 is 0. The van der Waals surface area contributed by atoms with Crippen molar-refractivity contribution in [3.8, 4) is 0 Å². The summed E-state index contributed by atoms with van der Waals surface area (Å²) in [5, 5.41) is 0. The molecule has 1 aromatic carbocycles. The van der Waals surface area contributed by atoms with Gasteiger partial charge in [-0.3, -0.25) is 4.79 Å². The maximum Gasteiger partial charge on any atom is 0.256 e. The highest BCUT2D eigenvalue weighted by molar-refractivity contribution is 5.94. The van der Waals surface area contributed by atoms with Crippen molar-refractivity contribution in [1.29, 1.82) is 0 Å². The van der Waals surface area contributed by atoms with Crippen molar-refractivity contribution in [3.63, 3.8) is 0 Å². The summed E-state index contributed by atoms with van der Waals surface area (Å²) in [5.74, 6) is -1.12.